The third-order valence-corrected chi connectivity index (χ3v) is 2.81. The van der Waals surface area contributed by atoms with Gasteiger partial charge in [0.15, 0.2) is 0 Å². The van der Waals surface area contributed by atoms with Gasteiger partial charge in [0.05, 0.1) is 6.04 Å². The molecule has 3 N–H and O–H groups in total. The number of rotatable bonds is 0. The molecular formula is C11H15NO2. The molecule has 1 heterocycles. The van der Waals surface area contributed by atoms with E-state index in [0.29, 0.717) is 0 Å². The third-order valence-electron chi connectivity index (χ3n) is 2.81. The molecule has 0 saturated heterocycles. The second-order valence-corrected chi connectivity index (χ2v) is 3.88. The monoisotopic (exact) mass is 193 g/mol. The quantitative estimate of drug-likeness (QED) is 0.647. The van der Waals surface area contributed by atoms with Crippen LogP contribution in [0.2, 0.25) is 0 Å². The Kier molecular flexibility index (Phi) is 2.21. The summed E-state index contributed by atoms with van der Waals surface area (Å²) in [6.45, 7) is 4.36. The summed E-state index contributed by atoms with van der Waals surface area (Å²) in [6, 6.07) is 3.66. The van der Waals surface area contributed by atoms with Crippen LogP contribution in [-0.4, -0.2) is 17.8 Å². The van der Waals surface area contributed by atoms with Gasteiger partial charge in [-0.1, -0.05) is 6.07 Å². The Labute approximate surface area is 83.5 Å². The van der Waals surface area contributed by atoms with Gasteiger partial charge in [0.1, 0.15) is 18.5 Å². The summed E-state index contributed by atoms with van der Waals surface area (Å²) in [5, 5.41) is 9.53. The first-order valence-electron chi connectivity index (χ1n) is 4.77. The van der Waals surface area contributed by atoms with Crippen LogP contribution in [0.5, 0.6) is 5.75 Å². The lowest BCUT2D eigenvalue weighted by molar-refractivity contribution is 0.0678. The van der Waals surface area contributed by atoms with Gasteiger partial charge in [-0.05, 0) is 31.0 Å². The number of hydrogen-bond acceptors (Lipinski definition) is 3. The van der Waals surface area contributed by atoms with E-state index in [0.717, 1.165) is 11.3 Å². The molecule has 0 unspecified atom stereocenters. The molecule has 3 nitrogen and oxygen atoms in total. The molecule has 1 aliphatic rings. The first-order valence-corrected chi connectivity index (χ1v) is 4.77. The Bertz CT molecular complexity index is 363. The molecule has 76 valence electrons. The molecule has 0 fully saturated rings. The van der Waals surface area contributed by atoms with Crippen LogP contribution in [0.25, 0.3) is 0 Å². The Morgan fingerprint density at radius 2 is 2.00 bits per heavy atom. The zero-order valence-electron chi connectivity index (χ0n) is 8.45. The molecule has 0 saturated carbocycles. The maximum atomic E-state index is 9.53. The van der Waals surface area contributed by atoms with Crippen LogP contribution < -0.4 is 10.5 Å². The van der Waals surface area contributed by atoms with Crippen LogP contribution in [0.15, 0.2) is 12.1 Å². The molecule has 0 aliphatic carbocycles. The number of aliphatic hydroxyl groups is 1. The molecule has 1 aromatic carbocycles. The summed E-state index contributed by atoms with van der Waals surface area (Å²) in [4.78, 5) is 0. The second kappa shape index (κ2) is 3.26. The average molecular weight is 193 g/mol. The van der Waals surface area contributed by atoms with E-state index in [1.54, 1.807) is 0 Å². The number of ether oxygens (including phenoxy) is 1. The van der Waals surface area contributed by atoms with E-state index in [1.807, 2.05) is 26.0 Å². The smallest absolute Gasteiger partial charge is 0.124 e. The van der Waals surface area contributed by atoms with Gasteiger partial charge in [-0.25, -0.2) is 0 Å². The first-order chi connectivity index (χ1) is 6.59. The van der Waals surface area contributed by atoms with Gasteiger partial charge in [0.25, 0.3) is 0 Å². The summed E-state index contributed by atoms with van der Waals surface area (Å²) in [6.07, 6.45) is -0.593. The molecule has 0 spiro atoms. The van der Waals surface area contributed by atoms with Crippen molar-refractivity contribution in [1.82, 2.24) is 0 Å². The van der Waals surface area contributed by atoms with Crippen LogP contribution in [0.1, 0.15) is 22.7 Å². The van der Waals surface area contributed by atoms with Crippen LogP contribution >= 0.6 is 0 Å². The lowest BCUT2D eigenvalue weighted by Gasteiger charge is -2.28. The lowest BCUT2D eigenvalue weighted by Crippen LogP contribution is -2.35. The van der Waals surface area contributed by atoms with Gasteiger partial charge in [0.2, 0.25) is 0 Å². The van der Waals surface area contributed by atoms with Gasteiger partial charge in [-0.2, -0.15) is 0 Å². The fraction of sp³-hybridized carbons (Fsp3) is 0.455. The van der Waals surface area contributed by atoms with Crippen molar-refractivity contribution in [1.29, 1.82) is 0 Å². The summed E-state index contributed by atoms with van der Waals surface area (Å²) in [5.74, 6) is 0.811. The van der Waals surface area contributed by atoms with Crippen molar-refractivity contribution >= 4 is 0 Å². The normalized spacial score (nSPS) is 25.4. The number of aryl methyl sites for hydroxylation is 2. The van der Waals surface area contributed by atoms with E-state index in [2.05, 4.69) is 0 Å². The van der Waals surface area contributed by atoms with E-state index in [1.165, 1.54) is 11.1 Å². The molecule has 2 rings (SSSR count). The Morgan fingerprint density at radius 3 is 2.71 bits per heavy atom. The summed E-state index contributed by atoms with van der Waals surface area (Å²) in [7, 11) is 0. The standard InChI is InChI=1S/C11H15NO2/c1-6-3-8-10(4-7(6)2)14-5-9(13)11(8)12/h3-4,9,11,13H,5,12H2,1-2H3/t9-,11+/m0/s1. The van der Waals surface area contributed by atoms with Gasteiger partial charge in [-0.15, -0.1) is 0 Å². The van der Waals surface area contributed by atoms with Crippen molar-refractivity contribution < 1.29 is 9.84 Å². The van der Waals surface area contributed by atoms with Crippen molar-refractivity contribution in [2.24, 2.45) is 5.73 Å². The van der Waals surface area contributed by atoms with Crippen molar-refractivity contribution in [3.63, 3.8) is 0 Å². The minimum absolute atomic E-state index is 0.288. The molecule has 0 radical (unpaired) electrons. The zero-order valence-corrected chi connectivity index (χ0v) is 8.45. The molecule has 3 heteroatoms. The molecule has 0 bridgehead atoms. The van der Waals surface area contributed by atoms with Crippen molar-refractivity contribution in [2.45, 2.75) is 26.0 Å². The Morgan fingerprint density at radius 1 is 1.36 bits per heavy atom. The van der Waals surface area contributed by atoms with Crippen LogP contribution in [0.3, 0.4) is 0 Å². The molecule has 14 heavy (non-hydrogen) atoms. The zero-order chi connectivity index (χ0) is 10.3. The highest BCUT2D eigenvalue weighted by molar-refractivity contribution is 5.44. The minimum atomic E-state index is -0.593. The predicted molar refractivity (Wildman–Crippen MR) is 54.3 cm³/mol. The molecule has 1 aromatic rings. The van der Waals surface area contributed by atoms with E-state index in [9.17, 15) is 5.11 Å². The SMILES string of the molecule is Cc1cc2c(cc1C)[C@@H](N)[C@@H](O)CO2. The third kappa shape index (κ3) is 1.38. The number of hydrogen-bond donors (Lipinski definition) is 2. The fourth-order valence-corrected chi connectivity index (χ4v) is 1.68. The number of benzene rings is 1. The number of fused-ring (bicyclic) bond motifs is 1. The van der Waals surface area contributed by atoms with Gasteiger partial charge in [0, 0.05) is 5.56 Å². The van der Waals surface area contributed by atoms with Crippen LogP contribution in [0.4, 0.5) is 0 Å². The van der Waals surface area contributed by atoms with E-state index in [4.69, 9.17) is 10.5 Å². The highest BCUT2D eigenvalue weighted by Crippen LogP contribution is 2.32. The van der Waals surface area contributed by atoms with Crippen molar-refractivity contribution in [2.75, 3.05) is 6.61 Å². The van der Waals surface area contributed by atoms with E-state index < -0.39 is 6.10 Å². The lowest BCUT2D eigenvalue weighted by atomic mass is 9.95. The van der Waals surface area contributed by atoms with Gasteiger partial charge < -0.3 is 15.6 Å². The number of nitrogens with two attached hydrogens (primary N) is 1. The summed E-state index contributed by atoms with van der Waals surface area (Å²) >= 11 is 0. The van der Waals surface area contributed by atoms with Crippen LogP contribution in [0, 0.1) is 13.8 Å². The van der Waals surface area contributed by atoms with Gasteiger partial charge >= 0.3 is 0 Å². The van der Waals surface area contributed by atoms with Crippen molar-refractivity contribution in [3.8, 4) is 5.75 Å². The molecule has 0 aromatic heterocycles. The molecule has 2 atom stereocenters. The number of aliphatic hydroxyl groups excluding tert-OH is 1. The van der Waals surface area contributed by atoms with Gasteiger partial charge in [-0.3, -0.25) is 0 Å². The van der Waals surface area contributed by atoms with E-state index in [-0.39, 0.29) is 12.6 Å². The molecular weight excluding hydrogens is 178 g/mol. The summed E-state index contributed by atoms with van der Waals surface area (Å²) in [5.41, 5.74) is 9.15. The fourth-order valence-electron chi connectivity index (χ4n) is 1.68. The molecule has 1 aliphatic heterocycles. The average Bonchev–Trinajstić information content (AvgIpc) is 2.15. The minimum Gasteiger partial charge on any atom is -0.490 e. The second-order valence-electron chi connectivity index (χ2n) is 3.88. The van der Waals surface area contributed by atoms with E-state index >= 15 is 0 Å². The summed E-state index contributed by atoms with van der Waals surface area (Å²) < 4.78 is 5.41. The highest BCUT2D eigenvalue weighted by Gasteiger charge is 2.26. The largest absolute Gasteiger partial charge is 0.490 e. The Hall–Kier alpha value is -1.06. The maximum absolute atomic E-state index is 9.53. The molecule has 0 amide bonds. The first kappa shape index (κ1) is 9.49. The predicted octanol–water partition coefficient (Wildman–Crippen LogP) is 1.06. The topological polar surface area (TPSA) is 55.5 Å². The maximum Gasteiger partial charge on any atom is 0.124 e. The van der Waals surface area contributed by atoms with Crippen LogP contribution in [-0.2, 0) is 0 Å². The highest BCUT2D eigenvalue weighted by atomic mass is 16.5. The van der Waals surface area contributed by atoms with Crippen molar-refractivity contribution in [3.05, 3.63) is 28.8 Å². The Balaban J connectivity index is 2.50.